The lowest BCUT2D eigenvalue weighted by Gasteiger charge is -2.21. The van der Waals surface area contributed by atoms with Crippen LogP contribution in [-0.4, -0.2) is 24.5 Å². The Balaban J connectivity index is 1.58. The van der Waals surface area contributed by atoms with E-state index in [2.05, 4.69) is 30.1 Å². The molecule has 0 amide bonds. The fourth-order valence-electron chi connectivity index (χ4n) is 2.86. The van der Waals surface area contributed by atoms with Crippen LogP contribution >= 0.6 is 0 Å². The fourth-order valence-corrected chi connectivity index (χ4v) is 2.86. The van der Waals surface area contributed by atoms with E-state index in [0.29, 0.717) is 0 Å². The number of furan rings is 1. The van der Waals surface area contributed by atoms with E-state index < -0.39 is 0 Å². The normalized spacial score (nSPS) is 18.9. The highest BCUT2D eigenvalue weighted by atomic mass is 16.3. The van der Waals surface area contributed by atoms with Gasteiger partial charge >= 0.3 is 0 Å². The van der Waals surface area contributed by atoms with Crippen LogP contribution in [0.3, 0.4) is 0 Å². The molecular formula is C17H28N2O. The van der Waals surface area contributed by atoms with Gasteiger partial charge in [-0.3, -0.25) is 4.90 Å². The molecule has 0 saturated heterocycles. The summed E-state index contributed by atoms with van der Waals surface area (Å²) in [6, 6.07) is 2.25. The third-order valence-corrected chi connectivity index (χ3v) is 4.44. The lowest BCUT2D eigenvalue weighted by Crippen LogP contribution is -2.28. The molecule has 0 unspecified atom stereocenters. The van der Waals surface area contributed by atoms with Crippen molar-refractivity contribution in [3.8, 4) is 0 Å². The van der Waals surface area contributed by atoms with Crippen LogP contribution < -0.4 is 5.32 Å². The second-order valence-electron chi connectivity index (χ2n) is 6.66. The molecule has 3 heteroatoms. The first-order valence-corrected chi connectivity index (χ1v) is 8.26. The molecular weight excluding hydrogens is 248 g/mol. The van der Waals surface area contributed by atoms with E-state index in [0.717, 1.165) is 43.0 Å². The van der Waals surface area contributed by atoms with Gasteiger partial charge in [0.25, 0.3) is 0 Å². The molecule has 1 aromatic heterocycles. The first-order valence-electron chi connectivity index (χ1n) is 8.26. The zero-order chi connectivity index (χ0) is 13.9. The third-order valence-electron chi connectivity index (χ3n) is 4.44. The molecule has 1 N–H and O–H groups in total. The van der Waals surface area contributed by atoms with Crippen molar-refractivity contribution in [2.75, 3.05) is 19.6 Å². The van der Waals surface area contributed by atoms with Crippen LogP contribution in [0.4, 0.5) is 0 Å². The van der Waals surface area contributed by atoms with Gasteiger partial charge in [0, 0.05) is 25.2 Å². The maximum atomic E-state index is 5.87. The quantitative estimate of drug-likeness (QED) is 0.750. The summed E-state index contributed by atoms with van der Waals surface area (Å²) in [4.78, 5) is 2.67. The standard InChI is InChI=1S/C17H28N2O/c1-3-18-9-17-8-16(13(2)20-17)12-19(10-14-4-5-14)11-15-6-7-15/h8,14-15,18H,3-7,9-12H2,1-2H3. The van der Waals surface area contributed by atoms with Crippen LogP contribution in [0.5, 0.6) is 0 Å². The van der Waals surface area contributed by atoms with E-state index in [-0.39, 0.29) is 0 Å². The van der Waals surface area contributed by atoms with E-state index in [4.69, 9.17) is 4.42 Å². The Bertz CT molecular complexity index is 418. The van der Waals surface area contributed by atoms with Crippen LogP contribution in [0.15, 0.2) is 10.5 Å². The van der Waals surface area contributed by atoms with Crippen molar-refractivity contribution in [2.24, 2.45) is 11.8 Å². The van der Waals surface area contributed by atoms with Crippen LogP contribution in [0.2, 0.25) is 0 Å². The van der Waals surface area contributed by atoms with Crippen molar-refractivity contribution in [1.82, 2.24) is 10.2 Å². The van der Waals surface area contributed by atoms with Crippen LogP contribution in [0, 0.1) is 18.8 Å². The van der Waals surface area contributed by atoms with E-state index >= 15 is 0 Å². The third kappa shape index (κ3) is 4.10. The minimum absolute atomic E-state index is 0.850. The van der Waals surface area contributed by atoms with Gasteiger partial charge in [-0.2, -0.15) is 0 Å². The predicted octanol–water partition coefficient (Wildman–Crippen LogP) is 3.32. The summed E-state index contributed by atoms with van der Waals surface area (Å²) in [5, 5.41) is 3.34. The van der Waals surface area contributed by atoms with Crippen molar-refractivity contribution in [2.45, 2.75) is 52.6 Å². The Labute approximate surface area is 122 Å². The van der Waals surface area contributed by atoms with Crippen molar-refractivity contribution in [3.05, 3.63) is 23.2 Å². The molecule has 1 heterocycles. The Morgan fingerprint density at radius 3 is 2.40 bits per heavy atom. The largest absolute Gasteiger partial charge is 0.465 e. The van der Waals surface area contributed by atoms with Crippen molar-refractivity contribution < 1.29 is 4.42 Å². The molecule has 0 spiro atoms. The fraction of sp³-hybridized carbons (Fsp3) is 0.765. The lowest BCUT2D eigenvalue weighted by molar-refractivity contribution is 0.243. The number of hydrogen-bond donors (Lipinski definition) is 1. The van der Waals surface area contributed by atoms with Gasteiger partial charge in [0.1, 0.15) is 11.5 Å². The van der Waals surface area contributed by atoms with Gasteiger partial charge in [-0.05, 0) is 57.1 Å². The average Bonchev–Trinajstić information content (AvgIpc) is 3.32. The van der Waals surface area contributed by atoms with E-state index in [1.165, 1.54) is 44.3 Å². The van der Waals surface area contributed by atoms with Gasteiger partial charge in [-0.25, -0.2) is 0 Å². The Hall–Kier alpha value is -0.800. The Kier molecular flexibility index (Phi) is 4.47. The predicted molar refractivity (Wildman–Crippen MR) is 81.6 cm³/mol. The molecule has 2 aliphatic carbocycles. The van der Waals surface area contributed by atoms with Crippen molar-refractivity contribution in [1.29, 1.82) is 0 Å². The summed E-state index contributed by atoms with van der Waals surface area (Å²) >= 11 is 0. The zero-order valence-corrected chi connectivity index (χ0v) is 13.0. The molecule has 3 nitrogen and oxygen atoms in total. The summed E-state index contributed by atoms with van der Waals surface area (Å²) in [6.07, 6.45) is 5.77. The van der Waals surface area contributed by atoms with Gasteiger partial charge in [-0.15, -0.1) is 0 Å². The SMILES string of the molecule is CCNCc1cc(CN(CC2CC2)CC2CC2)c(C)o1. The average molecular weight is 276 g/mol. The molecule has 2 saturated carbocycles. The first kappa shape index (κ1) is 14.2. The number of rotatable bonds is 9. The summed E-state index contributed by atoms with van der Waals surface area (Å²) in [6.45, 7) is 9.75. The van der Waals surface area contributed by atoms with Gasteiger partial charge in [-0.1, -0.05) is 6.92 Å². The highest BCUT2D eigenvalue weighted by Gasteiger charge is 2.29. The molecule has 2 fully saturated rings. The first-order chi connectivity index (χ1) is 9.74. The minimum atomic E-state index is 0.850. The summed E-state index contributed by atoms with van der Waals surface area (Å²) < 4.78 is 5.87. The number of nitrogens with one attached hydrogen (secondary N) is 1. The molecule has 20 heavy (non-hydrogen) atoms. The molecule has 0 bridgehead atoms. The second-order valence-corrected chi connectivity index (χ2v) is 6.66. The minimum Gasteiger partial charge on any atom is -0.465 e. The summed E-state index contributed by atoms with van der Waals surface area (Å²) in [7, 11) is 0. The van der Waals surface area contributed by atoms with E-state index in [1.54, 1.807) is 0 Å². The smallest absolute Gasteiger partial charge is 0.118 e. The highest BCUT2D eigenvalue weighted by molar-refractivity contribution is 5.21. The highest BCUT2D eigenvalue weighted by Crippen LogP contribution is 2.34. The molecule has 0 radical (unpaired) electrons. The number of aryl methyl sites for hydroxylation is 1. The second kappa shape index (κ2) is 6.31. The van der Waals surface area contributed by atoms with Crippen LogP contribution in [0.1, 0.15) is 49.7 Å². The van der Waals surface area contributed by atoms with E-state index in [1.807, 2.05) is 0 Å². The zero-order valence-electron chi connectivity index (χ0n) is 13.0. The Morgan fingerprint density at radius 1 is 1.20 bits per heavy atom. The monoisotopic (exact) mass is 276 g/mol. The van der Waals surface area contributed by atoms with Crippen LogP contribution in [0.25, 0.3) is 0 Å². The molecule has 112 valence electrons. The molecule has 0 aliphatic heterocycles. The van der Waals surface area contributed by atoms with Crippen LogP contribution in [-0.2, 0) is 13.1 Å². The maximum absolute atomic E-state index is 5.87. The van der Waals surface area contributed by atoms with E-state index in [9.17, 15) is 0 Å². The van der Waals surface area contributed by atoms with Gasteiger partial charge in [0.2, 0.25) is 0 Å². The maximum Gasteiger partial charge on any atom is 0.118 e. The summed E-state index contributed by atoms with van der Waals surface area (Å²) in [5.74, 6) is 4.14. The topological polar surface area (TPSA) is 28.4 Å². The van der Waals surface area contributed by atoms with Crippen molar-refractivity contribution in [3.63, 3.8) is 0 Å². The lowest BCUT2D eigenvalue weighted by atomic mass is 10.2. The van der Waals surface area contributed by atoms with Gasteiger partial charge in [0.05, 0.1) is 6.54 Å². The number of hydrogen-bond acceptors (Lipinski definition) is 3. The molecule has 3 rings (SSSR count). The molecule has 2 aliphatic rings. The number of nitrogens with zero attached hydrogens (tertiary/aromatic N) is 1. The Morgan fingerprint density at radius 2 is 1.85 bits per heavy atom. The molecule has 1 aromatic rings. The van der Waals surface area contributed by atoms with Gasteiger partial charge in [0.15, 0.2) is 0 Å². The molecule has 0 atom stereocenters. The van der Waals surface area contributed by atoms with Gasteiger partial charge < -0.3 is 9.73 Å². The summed E-state index contributed by atoms with van der Waals surface area (Å²) in [5.41, 5.74) is 1.39. The molecule has 0 aromatic carbocycles. The van der Waals surface area contributed by atoms with Crippen molar-refractivity contribution >= 4 is 0 Å².